The molecule has 1 aromatic carbocycles. The van der Waals surface area contributed by atoms with E-state index in [0.717, 1.165) is 18.3 Å². The molecule has 1 heteroatoms. The zero-order chi connectivity index (χ0) is 20.6. The van der Waals surface area contributed by atoms with Gasteiger partial charge in [-0.1, -0.05) is 90.3 Å². The largest absolute Gasteiger partial charge is 0.386 e. The van der Waals surface area contributed by atoms with Crippen LogP contribution in [0.1, 0.15) is 91.5 Å². The SMILES string of the molecule is C=C(NC(C)Cc1ccccc1)C(CCC(C)CC)C1(CCC)CCC(C)C1. The van der Waals surface area contributed by atoms with E-state index in [1.165, 1.54) is 62.6 Å². The highest BCUT2D eigenvalue weighted by Gasteiger charge is 2.44. The van der Waals surface area contributed by atoms with E-state index in [9.17, 15) is 0 Å². The lowest BCUT2D eigenvalue weighted by atomic mass is 9.66. The van der Waals surface area contributed by atoms with Crippen molar-refractivity contribution < 1.29 is 0 Å². The molecule has 1 aromatic rings. The molecule has 2 rings (SSSR count). The third kappa shape index (κ3) is 6.39. The quantitative estimate of drug-likeness (QED) is 0.388. The van der Waals surface area contributed by atoms with E-state index in [2.05, 4.69) is 76.8 Å². The zero-order valence-electron chi connectivity index (χ0n) is 19.3. The van der Waals surface area contributed by atoms with Crippen molar-refractivity contribution in [2.75, 3.05) is 0 Å². The molecule has 158 valence electrons. The number of nitrogens with one attached hydrogen (secondary N) is 1. The third-order valence-electron chi connectivity index (χ3n) is 7.26. The Bertz CT molecular complexity index is 573. The van der Waals surface area contributed by atoms with Gasteiger partial charge >= 0.3 is 0 Å². The van der Waals surface area contributed by atoms with Crippen LogP contribution in [-0.4, -0.2) is 6.04 Å². The monoisotopic (exact) mass is 383 g/mol. The first-order valence-corrected chi connectivity index (χ1v) is 11.9. The van der Waals surface area contributed by atoms with Gasteiger partial charge in [-0.15, -0.1) is 0 Å². The van der Waals surface area contributed by atoms with Gasteiger partial charge in [-0.3, -0.25) is 0 Å². The first-order chi connectivity index (χ1) is 13.4. The Kier molecular flexibility index (Phi) is 9.12. The molecule has 1 fully saturated rings. The van der Waals surface area contributed by atoms with E-state index < -0.39 is 0 Å². The van der Waals surface area contributed by atoms with Crippen LogP contribution in [0, 0.1) is 23.2 Å². The Morgan fingerprint density at radius 1 is 1.18 bits per heavy atom. The van der Waals surface area contributed by atoms with Gasteiger partial charge in [0.05, 0.1) is 0 Å². The van der Waals surface area contributed by atoms with Crippen molar-refractivity contribution in [1.82, 2.24) is 5.32 Å². The van der Waals surface area contributed by atoms with Crippen LogP contribution < -0.4 is 5.32 Å². The maximum atomic E-state index is 4.63. The summed E-state index contributed by atoms with van der Waals surface area (Å²) in [4.78, 5) is 0. The van der Waals surface area contributed by atoms with E-state index in [0.29, 0.717) is 17.4 Å². The van der Waals surface area contributed by atoms with Gasteiger partial charge in [-0.2, -0.15) is 0 Å². The minimum Gasteiger partial charge on any atom is -0.386 e. The molecule has 1 aliphatic rings. The first-order valence-electron chi connectivity index (χ1n) is 11.9. The summed E-state index contributed by atoms with van der Waals surface area (Å²) in [6, 6.07) is 11.3. The third-order valence-corrected chi connectivity index (χ3v) is 7.26. The van der Waals surface area contributed by atoms with E-state index >= 15 is 0 Å². The van der Waals surface area contributed by atoms with Crippen molar-refractivity contribution in [3.8, 4) is 0 Å². The van der Waals surface area contributed by atoms with Crippen molar-refractivity contribution in [1.29, 1.82) is 0 Å². The average Bonchev–Trinajstić information content (AvgIpc) is 3.03. The van der Waals surface area contributed by atoms with Gasteiger partial charge in [-0.05, 0) is 61.8 Å². The minimum absolute atomic E-state index is 0.429. The van der Waals surface area contributed by atoms with Crippen LogP contribution >= 0.6 is 0 Å². The van der Waals surface area contributed by atoms with Crippen LogP contribution in [-0.2, 0) is 6.42 Å². The van der Waals surface area contributed by atoms with Crippen molar-refractivity contribution in [3.63, 3.8) is 0 Å². The highest BCUT2D eigenvalue weighted by molar-refractivity contribution is 5.17. The number of rotatable bonds is 12. The highest BCUT2D eigenvalue weighted by atomic mass is 14.9. The minimum atomic E-state index is 0.429. The lowest BCUT2D eigenvalue weighted by Crippen LogP contribution is -2.38. The lowest BCUT2D eigenvalue weighted by Gasteiger charge is -2.41. The molecule has 0 amide bonds. The molecule has 0 heterocycles. The van der Waals surface area contributed by atoms with Crippen LogP contribution in [0.4, 0.5) is 0 Å². The summed E-state index contributed by atoms with van der Waals surface area (Å²) in [6.45, 7) is 16.5. The van der Waals surface area contributed by atoms with Crippen molar-refractivity contribution in [2.45, 2.75) is 98.4 Å². The second-order valence-corrected chi connectivity index (χ2v) is 9.86. The lowest BCUT2D eigenvalue weighted by molar-refractivity contribution is 0.146. The Hall–Kier alpha value is -1.24. The molecule has 5 atom stereocenters. The van der Waals surface area contributed by atoms with Gasteiger partial charge in [0.25, 0.3) is 0 Å². The summed E-state index contributed by atoms with van der Waals surface area (Å²) in [6.07, 6.45) is 11.8. The molecule has 0 aliphatic heterocycles. The fraction of sp³-hybridized carbons (Fsp3) is 0.704. The maximum absolute atomic E-state index is 4.63. The van der Waals surface area contributed by atoms with Gasteiger partial charge in [0.2, 0.25) is 0 Å². The fourth-order valence-electron chi connectivity index (χ4n) is 5.59. The fourth-order valence-corrected chi connectivity index (χ4v) is 5.59. The van der Waals surface area contributed by atoms with Crippen LogP contribution in [0.3, 0.4) is 0 Å². The van der Waals surface area contributed by atoms with Crippen LogP contribution in [0.2, 0.25) is 0 Å². The van der Waals surface area contributed by atoms with E-state index in [1.807, 2.05) is 0 Å². The predicted molar refractivity (Wildman–Crippen MR) is 124 cm³/mol. The molecule has 1 N–H and O–H groups in total. The number of hydrogen-bond donors (Lipinski definition) is 1. The van der Waals surface area contributed by atoms with E-state index in [4.69, 9.17) is 0 Å². The Morgan fingerprint density at radius 3 is 2.46 bits per heavy atom. The van der Waals surface area contributed by atoms with Gasteiger partial charge in [0.1, 0.15) is 0 Å². The first kappa shape index (κ1) is 23.0. The van der Waals surface area contributed by atoms with Crippen molar-refractivity contribution >= 4 is 0 Å². The molecule has 0 radical (unpaired) electrons. The Morgan fingerprint density at radius 2 is 1.89 bits per heavy atom. The molecule has 1 nitrogen and oxygen atoms in total. The molecule has 1 aliphatic carbocycles. The van der Waals surface area contributed by atoms with Gasteiger partial charge in [0.15, 0.2) is 0 Å². The van der Waals surface area contributed by atoms with Crippen LogP contribution in [0.15, 0.2) is 42.6 Å². The molecular weight excluding hydrogens is 338 g/mol. The molecule has 0 bridgehead atoms. The van der Waals surface area contributed by atoms with Crippen molar-refractivity contribution in [3.05, 3.63) is 48.2 Å². The second-order valence-electron chi connectivity index (χ2n) is 9.86. The van der Waals surface area contributed by atoms with Crippen LogP contribution in [0.25, 0.3) is 0 Å². The highest BCUT2D eigenvalue weighted by Crippen LogP contribution is 2.53. The summed E-state index contributed by atoms with van der Waals surface area (Å²) in [7, 11) is 0. The van der Waals surface area contributed by atoms with Crippen molar-refractivity contribution in [2.24, 2.45) is 23.2 Å². The maximum Gasteiger partial charge on any atom is 0.0270 e. The van der Waals surface area contributed by atoms with E-state index in [-0.39, 0.29) is 0 Å². The molecule has 0 saturated heterocycles. The summed E-state index contributed by atoms with van der Waals surface area (Å²) < 4.78 is 0. The summed E-state index contributed by atoms with van der Waals surface area (Å²) in [5.74, 6) is 2.30. The summed E-state index contributed by atoms with van der Waals surface area (Å²) in [5.41, 5.74) is 3.19. The standard InChI is InChI=1S/C27H45N/c1-7-17-27(18-16-22(4)20-27)26(15-14-21(3)8-2)24(6)28-23(5)19-25-12-10-9-11-13-25/h9-13,21-23,26,28H,6-8,14-20H2,1-5H3. The topological polar surface area (TPSA) is 12.0 Å². The summed E-state index contributed by atoms with van der Waals surface area (Å²) >= 11 is 0. The number of allylic oxidation sites excluding steroid dienone is 1. The average molecular weight is 384 g/mol. The zero-order valence-corrected chi connectivity index (χ0v) is 19.3. The smallest absolute Gasteiger partial charge is 0.0270 e. The molecule has 0 spiro atoms. The van der Waals surface area contributed by atoms with Crippen LogP contribution in [0.5, 0.6) is 0 Å². The molecular formula is C27H45N. The summed E-state index contributed by atoms with van der Waals surface area (Å²) in [5, 5.41) is 3.85. The van der Waals surface area contributed by atoms with Gasteiger partial charge < -0.3 is 5.32 Å². The number of hydrogen-bond acceptors (Lipinski definition) is 1. The molecule has 0 aromatic heterocycles. The Balaban J connectivity index is 2.11. The van der Waals surface area contributed by atoms with E-state index in [1.54, 1.807) is 0 Å². The Labute approximate surface area is 175 Å². The predicted octanol–water partition coefficient (Wildman–Crippen LogP) is 7.77. The normalized spacial score (nSPS) is 25.2. The van der Waals surface area contributed by atoms with Gasteiger partial charge in [-0.25, -0.2) is 0 Å². The molecule has 5 unspecified atom stereocenters. The number of benzene rings is 1. The second kappa shape index (κ2) is 11.1. The van der Waals surface area contributed by atoms with Gasteiger partial charge in [0, 0.05) is 17.7 Å². The molecule has 28 heavy (non-hydrogen) atoms. The molecule has 1 saturated carbocycles.